The molecule has 2 nitrogen and oxygen atoms in total. The van der Waals surface area contributed by atoms with Crippen LogP contribution in [-0.4, -0.2) is 6.18 Å². The number of allylic oxidation sites excluding steroid dienone is 6. The summed E-state index contributed by atoms with van der Waals surface area (Å²) in [5, 5.41) is 8.44. The third-order valence-electron chi connectivity index (χ3n) is 1.58. The Morgan fingerprint density at radius 2 is 1.65 bits per heavy atom. The fourth-order valence-electron chi connectivity index (χ4n) is 0.918. The summed E-state index contributed by atoms with van der Waals surface area (Å²) in [5.41, 5.74) is -0.841. The maximum atomic E-state index is 12.1. The highest BCUT2D eigenvalue weighted by molar-refractivity contribution is 5.31. The first-order valence-electron chi connectivity index (χ1n) is 4.56. The average molecular weight is 243 g/mol. The van der Waals surface area contributed by atoms with E-state index in [9.17, 15) is 13.2 Å². The Kier molecular flexibility index (Phi) is 5.26. The van der Waals surface area contributed by atoms with Gasteiger partial charge in [-0.15, -0.1) is 0 Å². The van der Waals surface area contributed by atoms with Crippen molar-refractivity contribution in [1.82, 2.24) is 0 Å². The van der Waals surface area contributed by atoms with Gasteiger partial charge >= 0.3 is 6.18 Å². The predicted molar refractivity (Wildman–Crippen MR) is 58.5 cm³/mol. The van der Waals surface area contributed by atoms with Crippen LogP contribution in [0.15, 0.2) is 48.0 Å². The second kappa shape index (κ2) is 5.94. The van der Waals surface area contributed by atoms with Gasteiger partial charge in [-0.3, -0.25) is 0 Å². The SMILES string of the molecule is C=C(C#N)C=C(C)OC(C)=CC(=C)C(F)(F)F. The molecule has 0 atom stereocenters. The Hall–Kier alpha value is -1.96. The van der Waals surface area contributed by atoms with Crippen molar-refractivity contribution in [1.29, 1.82) is 5.26 Å². The van der Waals surface area contributed by atoms with Gasteiger partial charge in [0.1, 0.15) is 11.5 Å². The summed E-state index contributed by atoms with van der Waals surface area (Å²) in [6, 6.07) is 1.77. The zero-order valence-corrected chi connectivity index (χ0v) is 9.56. The van der Waals surface area contributed by atoms with E-state index in [1.165, 1.54) is 19.9 Å². The predicted octanol–water partition coefficient (Wildman–Crippen LogP) is 4.01. The molecule has 0 unspecified atom stereocenters. The fraction of sp³-hybridized carbons (Fsp3) is 0.250. The van der Waals surface area contributed by atoms with Gasteiger partial charge in [0.05, 0.1) is 11.6 Å². The molecule has 0 saturated heterocycles. The summed E-state index contributed by atoms with van der Waals surface area (Å²) in [7, 11) is 0. The van der Waals surface area contributed by atoms with Crippen LogP contribution in [0.5, 0.6) is 0 Å². The highest BCUT2D eigenvalue weighted by Gasteiger charge is 2.30. The van der Waals surface area contributed by atoms with E-state index in [-0.39, 0.29) is 17.1 Å². The van der Waals surface area contributed by atoms with Crippen LogP contribution in [0.1, 0.15) is 13.8 Å². The molecule has 0 aliphatic rings. The van der Waals surface area contributed by atoms with Crippen LogP contribution in [0, 0.1) is 11.3 Å². The molecule has 0 rings (SSSR count). The summed E-state index contributed by atoms with van der Waals surface area (Å²) in [4.78, 5) is 0. The fourth-order valence-corrected chi connectivity index (χ4v) is 0.918. The number of nitrogens with zero attached hydrogens (tertiary/aromatic N) is 1. The van der Waals surface area contributed by atoms with Crippen molar-refractivity contribution in [3.05, 3.63) is 48.0 Å². The molecular weight excluding hydrogens is 231 g/mol. The molecule has 0 saturated carbocycles. The topological polar surface area (TPSA) is 33.0 Å². The van der Waals surface area contributed by atoms with E-state index in [0.717, 1.165) is 6.08 Å². The Balaban J connectivity index is 4.67. The van der Waals surface area contributed by atoms with E-state index >= 15 is 0 Å². The lowest BCUT2D eigenvalue weighted by Crippen LogP contribution is -2.09. The van der Waals surface area contributed by atoms with Crippen LogP contribution in [0.2, 0.25) is 0 Å². The number of nitriles is 1. The van der Waals surface area contributed by atoms with Crippen LogP contribution in [0.25, 0.3) is 0 Å². The summed E-state index contributed by atoms with van der Waals surface area (Å²) < 4.78 is 41.5. The Morgan fingerprint density at radius 3 is 2.06 bits per heavy atom. The molecule has 0 amide bonds. The van der Waals surface area contributed by atoms with E-state index in [1.54, 1.807) is 6.07 Å². The molecule has 0 bridgehead atoms. The molecule has 5 heteroatoms. The van der Waals surface area contributed by atoms with Gasteiger partial charge in [-0.2, -0.15) is 18.4 Å². The molecule has 0 heterocycles. The van der Waals surface area contributed by atoms with Crippen LogP contribution in [-0.2, 0) is 4.74 Å². The van der Waals surface area contributed by atoms with Gasteiger partial charge in [0.15, 0.2) is 0 Å². The summed E-state index contributed by atoms with van der Waals surface area (Å²) in [6.45, 7) is 9.14. The van der Waals surface area contributed by atoms with Crippen molar-refractivity contribution < 1.29 is 17.9 Å². The van der Waals surface area contributed by atoms with Crippen LogP contribution < -0.4 is 0 Å². The zero-order chi connectivity index (χ0) is 13.6. The molecule has 0 spiro atoms. The molecule has 92 valence electrons. The van der Waals surface area contributed by atoms with Gasteiger partial charge < -0.3 is 4.74 Å². The van der Waals surface area contributed by atoms with Gasteiger partial charge in [0.2, 0.25) is 0 Å². The minimum Gasteiger partial charge on any atom is -0.467 e. The van der Waals surface area contributed by atoms with Crippen molar-refractivity contribution >= 4 is 0 Å². The number of hydrogen-bond acceptors (Lipinski definition) is 2. The van der Waals surface area contributed by atoms with Crippen LogP contribution in [0.3, 0.4) is 0 Å². The first kappa shape index (κ1) is 15.0. The molecule has 0 aromatic heterocycles. The number of hydrogen-bond donors (Lipinski definition) is 0. The highest BCUT2D eigenvalue weighted by atomic mass is 19.4. The van der Waals surface area contributed by atoms with Gasteiger partial charge in [-0.05, 0) is 26.0 Å². The monoisotopic (exact) mass is 243 g/mol. The van der Waals surface area contributed by atoms with Gasteiger partial charge in [0, 0.05) is 5.57 Å². The van der Waals surface area contributed by atoms with Crippen molar-refractivity contribution in [2.45, 2.75) is 20.0 Å². The van der Waals surface area contributed by atoms with Gasteiger partial charge in [-0.25, -0.2) is 0 Å². The number of alkyl halides is 3. The smallest absolute Gasteiger partial charge is 0.415 e. The van der Waals surface area contributed by atoms with E-state index in [2.05, 4.69) is 13.2 Å². The van der Waals surface area contributed by atoms with E-state index < -0.39 is 11.7 Å². The Labute approximate surface area is 98.0 Å². The third kappa shape index (κ3) is 6.25. The van der Waals surface area contributed by atoms with E-state index in [1.807, 2.05) is 0 Å². The molecule has 17 heavy (non-hydrogen) atoms. The van der Waals surface area contributed by atoms with Crippen molar-refractivity contribution in [2.75, 3.05) is 0 Å². The lowest BCUT2D eigenvalue weighted by Gasteiger charge is -2.09. The van der Waals surface area contributed by atoms with E-state index in [0.29, 0.717) is 0 Å². The standard InChI is InChI=1S/C12H12F3NO/c1-8(7-16)5-10(3)17-11(4)6-9(2)12(13,14)15/h5-6H,1-2H2,3-4H3. The van der Waals surface area contributed by atoms with Crippen LogP contribution >= 0.6 is 0 Å². The summed E-state index contributed by atoms with van der Waals surface area (Å²) >= 11 is 0. The second-order valence-corrected chi connectivity index (χ2v) is 3.27. The molecule has 0 N–H and O–H groups in total. The molecule has 0 aliphatic heterocycles. The maximum absolute atomic E-state index is 12.1. The minimum atomic E-state index is -4.47. The van der Waals surface area contributed by atoms with Crippen molar-refractivity contribution in [3.8, 4) is 6.07 Å². The summed E-state index contributed by atoms with van der Waals surface area (Å²) in [6.07, 6.45) is -2.36. The first-order chi connectivity index (χ1) is 7.66. The molecule has 0 radical (unpaired) electrons. The second-order valence-electron chi connectivity index (χ2n) is 3.27. The van der Waals surface area contributed by atoms with Crippen molar-refractivity contribution in [2.24, 2.45) is 0 Å². The van der Waals surface area contributed by atoms with Gasteiger partial charge in [-0.1, -0.05) is 13.2 Å². The Bertz CT molecular complexity index is 422. The molecule has 0 aromatic rings. The van der Waals surface area contributed by atoms with E-state index in [4.69, 9.17) is 10.00 Å². The molecular formula is C12H12F3NO. The average Bonchev–Trinajstić information content (AvgIpc) is 2.15. The first-order valence-corrected chi connectivity index (χ1v) is 4.56. The largest absolute Gasteiger partial charge is 0.467 e. The quantitative estimate of drug-likeness (QED) is 0.424. The maximum Gasteiger partial charge on any atom is 0.415 e. The Morgan fingerprint density at radius 1 is 1.18 bits per heavy atom. The van der Waals surface area contributed by atoms with Crippen molar-refractivity contribution in [3.63, 3.8) is 0 Å². The molecule has 0 aromatic carbocycles. The van der Waals surface area contributed by atoms with Crippen LogP contribution in [0.4, 0.5) is 13.2 Å². The highest BCUT2D eigenvalue weighted by Crippen LogP contribution is 2.26. The lowest BCUT2D eigenvalue weighted by atomic mass is 10.2. The molecule has 0 fully saturated rings. The number of ether oxygens (including phenoxy) is 1. The lowest BCUT2D eigenvalue weighted by molar-refractivity contribution is -0.0880. The third-order valence-corrected chi connectivity index (χ3v) is 1.58. The number of rotatable bonds is 4. The minimum absolute atomic E-state index is 0.0341. The number of halogens is 3. The zero-order valence-electron chi connectivity index (χ0n) is 9.56. The summed E-state index contributed by atoms with van der Waals surface area (Å²) in [5.74, 6) is 0.312. The molecule has 0 aliphatic carbocycles. The normalized spacial score (nSPS) is 12.9. The van der Waals surface area contributed by atoms with Gasteiger partial charge in [0.25, 0.3) is 0 Å².